The molecule has 1 N–H and O–H groups in total. The van der Waals surface area contributed by atoms with Gasteiger partial charge in [-0.25, -0.2) is 0 Å². The fraction of sp³-hybridized carbons (Fsp3) is 0.875. The largest absolute Gasteiger partial charge is 0.465 e. The maximum atomic E-state index is 9.77. The van der Waals surface area contributed by atoms with E-state index in [1.54, 1.807) is 0 Å². The first-order valence-electron chi connectivity index (χ1n) is 4.31. The van der Waals surface area contributed by atoms with Gasteiger partial charge < -0.3 is 14.8 Å². The number of hydrogen-bond donors (Lipinski definition) is 1. The van der Waals surface area contributed by atoms with Crippen molar-refractivity contribution in [2.75, 3.05) is 26.3 Å². The van der Waals surface area contributed by atoms with E-state index in [1.165, 1.54) is 6.42 Å². The first-order valence-corrected chi connectivity index (χ1v) is 4.31. The second kappa shape index (κ2) is 5.97. The highest BCUT2D eigenvalue weighted by Gasteiger charge is 2.12. The molecule has 1 saturated heterocycles. The van der Waals surface area contributed by atoms with Gasteiger partial charge in [0.1, 0.15) is 6.61 Å². The first-order chi connectivity index (χ1) is 5.93. The van der Waals surface area contributed by atoms with Crippen LogP contribution in [-0.4, -0.2) is 38.9 Å². The summed E-state index contributed by atoms with van der Waals surface area (Å²) in [5.74, 6) is 0. The Balaban J connectivity index is 1.94. The smallest absolute Gasteiger partial charge is 0.293 e. The maximum absolute atomic E-state index is 9.77. The third-order valence-corrected chi connectivity index (χ3v) is 1.87. The molecule has 1 aliphatic heterocycles. The third kappa shape index (κ3) is 3.69. The Morgan fingerprint density at radius 1 is 1.50 bits per heavy atom. The lowest BCUT2D eigenvalue weighted by Crippen LogP contribution is -2.35. The van der Waals surface area contributed by atoms with Gasteiger partial charge in [0.25, 0.3) is 6.47 Å². The van der Waals surface area contributed by atoms with E-state index in [1.807, 2.05) is 0 Å². The second-order valence-electron chi connectivity index (χ2n) is 2.81. The number of nitrogens with one attached hydrogen (secondary N) is 1. The van der Waals surface area contributed by atoms with Crippen LogP contribution in [-0.2, 0) is 14.3 Å². The highest BCUT2D eigenvalue weighted by atomic mass is 16.5. The molecule has 12 heavy (non-hydrogen) atoms. The molecule has 4 nitrogen and oxygen atoms in total. The molecule has 1 aliphatic rings. The normalized spacial score (nSPS) is 23.5. The Labute approximate surface area is 72.2 Å². The van der Waals surface area contributed by atoms with Crippen molar-refractivity contribution < 1.29 is 14.3 Å². The van der Waals surface area contributed by atoms with E-state index in [0.717, 1.165) is 19.5 Å². The average Bonchev–Trinajstić information content (AvgIpc) is 2.14. The van der Waals surface area contributed by atoms with Crippen LogP contribution < -0.4 is 5.32 Å². The molecular formula is C8H15NO3. The second-order valence-corrected chi connectivity index (χ2v) is 2.81. The number of hydrogen-bond acceptors (Lipinski definition) is 4. The van der Waals surface area contributed by atoms with Crippen molar-refractivity contribution in [3.8, 4) is 0 Å². The maximum Gasteiger partial charge on any atom is 0.293 e. The van der Waals surface area contributed by atoms with E-state index in [4.69, 9.17) is 4.74 Å². The van der Waals surface area contributed by atoms with Crippen LogP contribution in [0.5, 0.6) is 0 Å². The highest BCUT2D eigenvalue weighted by Crippen LogP contribution is 2.04. The monoisotopic (exact) mass is 173 g/mol. The molecule has 1 atom stereocenters. The van der Waals surface area contributed by atoms with E-state index in [0.29, 0.717) is 25.8 Å². The molecule has 0 aromatic carbocycles. The van der Waals surface area contributed by atoms with Crippen molar-refractivity contribution in [3.63, 3.8) is 0 Å². The molecule has 1 fully saturated rings. The molecule has 4 heteroatoms. The number of carbonyl (C=O) groups excluding carboxylic acids is 1. The van der Waals surface area contributed by atoms with E-state index in [9.17, 15) is 4.79 Å². The first kappa shape index (κ1) is 9.48. The Hall–Kier alpha value is -0.610. The Morgan fingerprint density at radius 3 is 3.08 bits per heavy atom. The van der Waals surface area contributed by atoms with Crippen molar-refractivity contribution in [3.05, 3.63) is 0 Å². The lowest BCUT2D eigenvalue weighted by atomic mass is 10.1. The molecule has 1 rings (SSSR count). The van der Waals surface area contributed by atoms with E-state index in [2.05, 4.69) is 10.1 Å². The molecule has 0 aromatic heterocycles. The Bertz CT molecular complexity index is 123. The molecule has 1 heterocycles. The number of rotatable bonds is 5. The van der Waals surface area contributed by atoms with E-state index >= 15 is 0 Å². The van der Waals surface area contributed by atoms with Crippen molar-refractivity contribution in [1.29, 1.82) is 0 Å². The Morgan fingerprint density at radius 2 is 2.42 bits per heavy atom. The standard InChI is InChI=1S/C8H15NO3/c10-7-11-4-5-12-8-2-1-3-9-6-8/h7-9H,1-6H2/t8-/m0/s1. The van der Waals surface area contributed by atoms with Gasteiger partial charge in [-0.15, -0.1) is 0 Å². The SMILES string of the molecule is O=COCCO[C@H]1CCCNC1. The quantitative estimate of drug-likeness (QED) is 0.467. The number of ether oxygens (including phenoxy) is 2. The van der Waals surface area contributed by atoms with Crippen LogP contribution in [0.25, 0.3) is 0 Å². The minimum atomic E-state index is 0.300. The van der Waals surface area contributed by atoms with Gasteiger partial charge in [-0.2, -0.15) is 0 Å². The molecule has 0 spiro atoms. The van der Waals surface area contributed by atoms with Crippen LogP contribution in [0, 0.1) is 0 Å². The van der Waals surface area contributed by atoms with Crippen LogP contribution in [0.2, 0.25) is 0 Å². The summed E-state index contributed by atoms with van der Waals surface area (Å²) in [6.45, 7) is 3.32. The third-order valence-electron chi connectivity index (χ3n) is 1.87. The van der Waals surface area contributed by atoms with Crippen molar-refractivity contribution in [2.24, 2.45) is 0 Å². The summed E-state index contributed by atoms with van der Waals surface area (Å²) in [7, 11) is 0. The summed E-state index contributed by atoms with van der Waals surface area (Å²) < 4.78 is 9.94. The summed E-state index contributed by atoms with van der Waals surface area (Å²) in [5, 5.41) is 3.24. The van der Waals surface area contributed by atoms with Crippen LogP contribution in [0.1, 0.15) is 12.8 Å². The zero-order valence-electron chi connectivity index (χ0n) is 7.12. The average molecular weight is 173 g/mol. The molecule has 0 aromatic rings. The predicted molar refractivity (Wildman–Crippen MR) is 43.9 cm³/mol. The molecule has 0 radical (unpaired) electrons. The molecule has 0 saturated carbocycles. The van der Waals surface area contributed by atoms with Crippen molar-refractivity contribution in [1.82, 2.24) is 5.32 Å². The number of piperidine rings is 1. The summed E-state index contributed by atoms with van der Waals surface area (Å²) >= 11 is 0. The minimum Gasteiger partial charge on any atom is -0.465 e. The van der Waals surface area contributed by atoms with Gasteiger partial charge in [-0.1, -0.05) is 0 Å². The van der Waals surface area contributed by atoms with Gasteiger partial charge in [0.2, 0.25) is 0 Å². The van der Waals surface area contributed by atoms with Gasteiger partial charge in [0.05, 0.1) is 12.7 Å². The molecule has 0 bridgehead atoms. The molecule has 0 amide bonds. The molecule has 70 valence electrons. The topological polar surface area (TPSA) is 47.6 Å². The molecule has 0 unspecified atom stereocenters. The predicted octanol–water partition coefficient (Wildman–Crippen LogP) is -0.0720. The fourth-order valence-corrected chi connectivity index (χ4v) is 1.27. The van der Waals surface area contributed by atoms with Gasteiger partial charge in [0, 0.05) is 6.54 Å². The summed E-state index contributed by atoms with van der Waals surface area (Å²) in [6, 6.07) is 0. The molecule has 0 aliphatic carbocycles. The summed E-state index contributed by atoms with van der Waals surface area (Å²) in [6.07, 6.45) is 2.57. The van der Waals surface area contributed by atoms with Gasteiger partial charge in [0.15, 0.2) is 0 Å². The van der Waals surface area contributed by atoms with Gasteiger partial charge in [-0.3, -0.25) is 4.79 Å². The lowest BCUT2D eigenvalue weighted by Gasteiger charge is -2.22. The highest BCUT2D eigenvalue weighted by molar-refractivity contribution is 5.36. The zero-order chi connectivity index (χ0) is 8.65. The van der Waals surface area contributed by atoms with Crippen molar-refractivity contribution >= 4 is 6.47 Å². The fourth-order valence-electron chi connectivity index (χ4n) is 1.27. The van der Waals surface area contributed by atoms with Crippen LogP contribution >= 0.6 is 0 Å². The zero-order valence-corrected chi connectivity index (χ0v) is 7.12. The number of carbonyl (C=O) groups is 1. The Kier molecular flexibility index (Phi) is 4.71. The lowest BCUT2D eigenvalue weighted by molar-refractivity contribution is -0.130. The van der Waals surface area contributed by atoms with Crippen LogP contribution in [0.4, 0.5) is 0 Å². The van der Waals surface area contributed by atoms with Crippen LogP contribution in [0.15, 0.2) is 0 Å². The molecular weight excluding hydrogens is 158 g/mol. The van der Waals surface area contributed by atoms with Gasteiger partial charge >= 0.3 is 0 Å². The van der Waals surface area contributed by atoms with E-state index < -0.39 is 0 Å². The van der Waals surface area contributed by atoms with E-state index in [-0.39, 0.29) is 0 Å². The summed E-state index contributed by atoms with van der Waals surface area (Å²) in [4.78, 5) is 9.77. The van der Waals surface area contributed by atoms with Gasteiger partial charge in [-0.05, 0) is 19.4 Å². The van der Waals surface area contributed by atoms with Crippen LogP contribution in [0.3, 0.4) is 0 Å². The summed E-state index contributed by atoms with van der Waals surface area (Å²) in [5.41, 5.74) is 0. The van der Waals surface area contributed by atoms with Crippen molar-refractivity contribution in [2.45, 2.75) is 18.9 Å². The minimum absolute atomic E-state index is 0.300.